The number of aromatic nitrogens is 2. The first-order chi connectivity index (χ1) is 12.6. The minimum atomic E-state index is 0.600. The molecule has 1 aliphatic rings. The van der Waals surface area contributed by atoms with Crippen molar-refractivity contribution in [1.82, 2.24) is 14.9 Å². The number of hydrogen-bond donors (Lipinski definition) is 1. The van der Waals surface area contributed by atoms with E-state index in [1.54, 1.807) is 5.56 Å². The Morgan fingerprint density at radius 3 is 2.81 bits per heavy atom. The molecule has 1 N–H and O–H groups in total. The summed E-state index contributed by atoms with van der Waals surface area (Å²) >= 11 is 0. The largest absolute Gasteiger partial charge is 0.343 e. The normalized spacial score (nSPS) is 17.0. The van der Waals surface area contributed by atoms with Gasteiger partial charge < -0.3 is 9.88 Å². The number of nitrogens with one attached hydrogen (secondary N) is 1. The Kier molecular flexibility index (Phi) is 4.82. The Morgan fingerprint density at radius 2 is 2.04 bits per heavy atom. The summed E-state index contributed by atoms with van der Waals surface area (Å²) in [5.41, 5.74) is 6.81. The first-order valence-corrected chi connectivity index (χ1v) is 9.85. The number of hydrogen-bond acceptors (Lipinski definition) is 2. The third-order valence-electron chi connectivity index (χ3n) is 5.56. The van der Waals surface area contributed by atoms with E-state index in [9.17, 15) is 0 Å². The van der Waals surface area contributed by atoms with E-state index in [1.165, 1.54) is 28.6 Å². The van der Waals surface area contributed by atoms with Crippen LogP contribution in [0.3, 0.4) is 0 Å². The van der Waals surface area contributed by atoms with Gasteiger partial charge in [-0.05, 0) is 55.4 Å². The van der Waals surface area contributed by atoms with E-state index in [0.29, 0.717) is 6.04 Å². The van der Waals surface area contributed by atoms with Gasteiger partial charge in [-0.25, -0.2) is 0 Å². The average Bonchev–Trinajstić information content (AvgIpc) is 2.94. The van der Waals surface area contributed by atoms with Gasteiger partial charge in [-0.1, -0.05) is 38.1 Å². The van der Waals surface area contributed by atoms with Gasteiger partial charge in [-0.3, -0.25) is 4.98 Å². The van der Waals surface area contributed by atoms with E-state index in [4.69, 9.17) is 0 Å². The third kappa shape index (κ3) is 3.41. The summed E-state index contributed by atoms with van der Waals surface area (Å²) in [6, 6.07) is 13.8. The smallest absolute Gasteiger partial charge is 0.0485 e. The fourth-order valence-corrected chi connectivity index (χ4v) is 4.30. The number of nitrogens with zero attached hydrogens (tertiary/aromatic N) is 2. The van der Waals surface area contributed by atoms with Crippen LogP contribution in [0.2, 0.25) is 0 Å². The predicted octanol–water partition coefficient (Wildman–Crippen LogP) is 4.65. The Balaban J connectivity index is 1.64. The van der Waals surface area contributed by atoms with Crippen molar-refractivity contribution in [2.45, 2.75) is 59.2 Å². The topological polar surface area (TPSA) is 29.9 Å². The molecule has 3 heteroatoms. The summed E-state index contributed by atoms with van der Waals surface area (Å²) in [4.78, 5) is 4.44. The Bertz CT molecular complexity index is 890. The molecule has 1 atom stereocenters. The summed E-state index contributed by atoms with van der Waals surface area (Å²) in [6.07, 6.45) is 5.43. The van der Waals surface area contributed by atoms with Crippen LogP contribution >= 0.6 is 0 Å². The van der Waals surface area contributed by atoms with Crippen molar-refractivity contribution in [3.8, 4) is 0 Å². The van der Waals surface area contributed by atoms with Gasteiger partial charge in [-0.2, -0.15) is 0 Å². The zero-order valence-corrected chi connectivity index (χ0v) is 16.1. The fourth-order valence-electron chi connectivity index (χ4n) is 4.30. The van der Waals surface area contributed by atoms with Crippen LogP contribution in [-0.2, 0) is 25.9 Å². The molecule has 1 aliphatic heterocycles. The highest BCUT2D eigenvalue weighted by molar-refractivity contribution is 5.86. The van der Waals surface area contributed by atoms with Crippen LogP contribution in [0, 0.1) is 12.8 Å². The van der Waals surface area contributed by atoms with E-state index in [0.717, 1.165) is 37.5 Å². The molecule has 0 fully saturated rings. The minimum absolute atomic E-state index is 0.600. The zero-order chi connectivity index (χ0) is 18.1. The Labute approximate surface area is 156 Å². The van der Waals surface area contributed by atoms with Crippen LogP contribution in [0.5, 0.6) is 0 Å². The molecule has 3 aromatic rings. The molecule has 4 rings (SSSR count). The van der Waals surface area contributed by atoms with Crippen molar-refractivity contribution in [3.05, 3.63) is 65.1 Å². The maximum absolute atomic E-state index is 4.44. The lowest BCUT2D eigenvalue weighted by molar-refractivity contribution is 0.391. The monoisotopic (exact) mass is 347 g/mol. The van der Waals surface area contributed by atoms with Gasteiger partial charge in [0.1, 0.15) is 0 Å². The van der Waals surface area contributed by atoms with E-state index in [2.05, 4.69) is 65.1 Å². The lowest BCUT2D eigenvalue weighted by Gasteiger charge is -2.27. The van der Waals surface area contributed by atoms with Crippen LogP contribution in [0.1, 0.15) is 42.8 Å². The lowest BCUT2D eigenvalue weighted by atomic mass is 9.93. The second-order valence-corrected chi connectivity index (χ2v) is 8.06. The average molecular weight is 348 g/mol. The standard InChI is InChI=1S/C23H29N3/c1-16(2)12-19-13-21-20-6-4-5-7-22(20)26(23(21)15-25-19)11-10-18-9-8-17(3)24-14-18/h4-9,14,16,19,25H,10-13,15H2,1-3H3. The van der Waals surface area contributed by atoms with Gasteiger partial charge >= 0.3 is 0 Å². The van der Waals surface area contributed by atoms with Crippen molar-refractivity contribution >= 4 is 10.9 Å². The second-order valence-electron chi connectivity index (χ2n) is 8.06. The van der Waals surface area contributed by atoms with Crippen molar-refractivity contribution in [3.63, 3.8) is 0 Å². The molecule has 2 aromatic heterocycles. The summed E-state index contributed by atoms with van der Waals surface area (Å²) in [6.45, 7) is 8.66. The number of para-hydroxylation sites is 1. The van der Waals surface area contributed by atoms with Crippen molar-refractivity contribution < 1.29 is 0 Å². The number of pyridine rings is 1. The molecule has 0 saturated carbocycles. The molecule has 0 spiro atoms. The van der Waals surface area contributed by atoms with E-state index >= 15 is 0 Å². The second kappa shape index (κ2) is 7.24. The summed E-state index contributed by atoms with van der Waals surface area (Å²) in [5.74, 6) is 0.733. The molecular weight excluding hydrogens is 318 g/mol. The van der Waals surface area contributed by atoms with Gasteiger partial charge in [0.15, 0.2) is 0 Å². The van der Waals surface area contributed by atoms with Crippen molar-refractivity contribution in [2.24, 2.45) is 5.92 Å². The number of benzene rings is 1. The zero-order valence-electron chi connectivity index (χ0n) is 16.1. The van der Waals surface area contributed by atoms with Crippen LogP contribution in [-0.4, -0.2) is 15.6 Å². The first-order valence-electron chi connectivity index (χ1n) is 9.85. The van der Waals surface area contributed by atoms with Crippen LogP contribution < -0.4 is 5.32 Å². The molecule has 3 heterocycles. The summed E-state index contributed by atoms with van der Waals surface area (Å²) in [5, 5.41) is 5.22. The number of fused-ring (bicyclic) bond motifs is 3. The SMILES string of the molecule is Cc1ccc(CCn2c3c(c4ccccc42)CC(CC(C)C)NC3)cn1. The molecule has 3 nitrogen and oxygen atoms in total. The first kappa shape index (κ1) is 17.3. The highest BCUT2D eigenvalue weighted by Gasteiger charge is 2.25. The van der Waals surface area contributed by atoms with Crippen molar-refractivity contribution in [2.75, 3.05) is 0 Å². The summed E-state index contributed by atoms with van der Waals surface area (Å²) < 4.78 is 2.53. The molecule has 0 amide bonds. The summed E-state index contributed by atoms with van der Waals surface area (Å²) in [7, 11) is 0. The van der Waals surface area contributed by atoms with Gasteiger partial charge in [0.25, 0.3) is 0 Å². The maximum atomic E-state index is 4.44. The molecule has 0 aliphatic carbocycles. The predicted molar refractivity (Wildman–Crippen MR) is 108 cm³/mol. The van der Waals surface area contributed by atoms with Gasteiger partial charge in [0, 0.05) is 47.6 Å². The number of aryl methyl sites for hydroxylation is 3. The van der Waals surface area contributed by atoms with Gasteiger partial charge in [0.2, 0.25) is 0 Å². The molecule has 0 saturated heterocycles. The molecule has 1 unspecified atom stereocenters. The molecular formula is C23H29N3. The Morgan fingerprint density at radius 1 is 1.19 bits per heavy atom. The Hall–Kier alpha value is -2.13. The highest BCUT2D eigenvalue weighted by atomic mass is 15.0. The fraction of sp³-hybridized carbons (Fsp3) is 0.435. The molecule has 0 radical (unpaired) electrons. The quantitative estimate of drug-likeness (QED) is 0.728. The third-order valence-corrected chi connectivity index (χ3v) is 5.56. The molecule has 26 heavy (non-hydrogen) atoms. The minimum Gasteiger partial charge on any atom is -0.343 e. The van der Waals surface area contributed by atoms with E-state index < -0.39 is 0 Å². The van der Waals surface area contributed by atoms with Gasteiger partial charge in [0.05, 0.1) is 0 Å². The van der Waals surface area contributed by atoms with Gasteiger partial charge in [-0.15, -0.1) is 0 Å². The number of rotatable bonds is 5. The van der Waals surface area contributed by atoms with Crippen molar-refractivity contribution in [1.29, 1.82) is 0 Å². The molecule has 1 aromatic carbocycles. The van der Waals surface area contributed by atoms with Crippen LogP contribution in [0.15, 0.2) is 42.6 Å². The molecule has 0 bridgehead atoms. The van der Waals surface area contributed by atoms with E-state index in [-0.39, 0.29) is 0 Å². The maximum Gasteiger partial charge on any atom is 0.0485 e. The molecule has 136 valence electrons. The van der Waals surface area contributed by atoms with E-state index in [1.807, 2.05) is 13.1 Å². The van der Waals surface area contributed by atoms with Crippen LogP contribution in [0.4, 0.5) is 0 Å². The lowest BCUT2D eigenvalue weighted by Crippen LogP contribution is -2.37. The van der Waals surface area contributed by atoms with Crippen LogP contribution in [0.25, 0.3) is 10.9 Å². The highest BCUT2D eigenvalue weighted by Crippen LogP contribution is 2.31.